The molecule has 1 heterocycles. The second-order valence-corrected chi connectivity index (χ2v) is 2.97. The van der Waals surface area contributed by atoms with Crippen LogP contribution in [0.4, 0.5) is 19.0 Å². The predicted octanol–water partition coefficient (Wildman–Crippen LogP) is 1.74. The molecule has 0 unspecified atom stereocenters. The minimum absolute atomic E-state index is 0.0372. The fourth-order valence-corrected chi connectivity index (χ4v) is 1.19. The molecule has 0 aromatic carbocycles. The first-order valence-corrected chi connectivity index (χ1v) is 4.50. The zero-order valence-electron chi connectivity index (χ0n) is 8.49. The van der Waals surface area contributed by atoms with Gasteiger partial charge in [0.2, 0.25) is 0 Å². The topological polar surface area (TPSA) is 52.8 Å². The number of nitrogens with zero attached hydrogens (tertiary/aromatic N) is 4. The Labute approximate surface area is 90.3 Å². The van der Waals surface area contributed by atoms with Crippen LogP contribution in [-0.4, -0.2) is 29.2 Å². The van der Waals surface area contributed by atoms with E-state index in [9.17, 15) is 13.2 Å². The molecule has 1 rings (SSSR count). The van der Waals surface area contributed by atoms with Gasteiger partial charge in [-0.05, 0) is 6.92 Å². The van der Waals surface area contributed by atoms with Gasteiger partial charge in [-0.15, -0.1) is 0 Å². The van der Waals surface area contributed by atoms with Crippen molar-refractivity contribution in [3.05, 3.63) is 18.1 Å². The lowest BCUT2D eigenvalue weighted by atomic mass is 10.3. The van der Waals surface area contributed by atoms with E-state index >= 15 is 0 Å². The molecule has 0 atom stereocenters. The third kappa shape index (κ3) is 3.08. The van der Waals surface area contributed by atoms with Crippen LogP contribution in [0.1, 0.15) is 12.6 Å². The average molecular weight is 230 g/mol. The summed E-state index contributed by atoms with van der Waals surface area (Å²) >= 11 is 0. The van der Waals surface area contributed by atoms with E-state index in [2.05, 4.69) is 9.97 Å². The Morgan fingerprint density at radius 3 is 2.50 bits per heavy atom. The van der Waals surface area contributed by atoms with E-state index in [4.69, 9.17) is 5.26 Å². The smallest absolute Gasteiger partial charge is 0.345 e. The average Bonchev–Trinajstić information content (AvgIpc) is 2.24. The lowest BCUT2D eigenvalue weighted by Crippen LogP contribution is -2.35. The Morgan fingerprint density at radius 1 is 1.38 bits per heavy atom. The highest BCUT2D eigenvalue weighted by Crippen LogP contribution is 2.21. The zero-order valence-corrected chi connectivity index (χ0v) is 8.49. The van der Waals surface area contributed by atoms with Crippen molar-refractivity contribution in [2.24, 2.45) is 0 Å². The molecule has 0 amide bonds. The largest absolute Gasteiger partial charge is 0.405 e. The maximum absolute atomic E-state index is 12.2. The zero-order chi connectivity index (χ0) is 12.2. The maximum atomic E-state index is 12.2. The van der Waals surface area contributed by atoms with Gasteiger partial charge in [0.15, 0.2) is 11.5 Å². The highest BCUT2D eigenvalue weighted by molar-refractivity contribution is 5.49. The number of hydrogen-bond donors (Lipinski definition) is 0. The third-order valence-electron chi connectivity index (χ3n) is 1.84. The molecule has 16 heavy (non-hydrogen) atoms. The van der Waals surface area contributed by atoms with Crippen molar-refractivity contribution in [2.75, 3.05) is 18.0 Å². The molecule has 0 radical (unpaired) electrons. The van der Waals surface area contributed by atoms with E-state index in [-0.39, 0.29) is 18.1 Å². The number of hydrogen-bond acceptors (Lipinski definition) is 4. The van der Waals surface area contributed by atoms with E-state index in [0.717, 1.165) is 4.90 Å². The first-order chi connectivity index (χ1) is 7.48. The molecular formula is C9H9F3N4. The molecule has 0 spiro atoms. The summed E-state index contributed by atoms with van der Waals surface area (Å²) in [5.74, 6) is -0.0372. The van der Waals surface area contributed by atoms with Crippen LogP contribution in [0.3, 0.4) is 0 Å². The van der Waals surface area contributed by atoms with Gasteiger partial charge in [0, 0.05) is 18.9 Å². The molecule has 7 heteroatoms. The second-order valence-electron chi connectivity index (χ2n) is 2.97. The standard InChI is InChI=1S/C9H9F3N4/c1-2-16(6-9(10,11)12)8-7(5-13)14-3-4-15-8/h3-4H,2,6H2,1H3. The monoisotopic (exact) mass is 230 g/mol. The molecule has 0 bridgehead atoms. The van der Waals surface area contributed by atoms with Gasteiger partial charge in [-0.25, -0.2) is 9.97 Å². The summed E-state index contributed by atoms with van der Waals surface area (Å²) in [4.78, 5) is 8.37. The normalized spacial score (nSPS) is 10.9. The van der Waals surface area contributed by atoms with Gasteiger partial charge in [-0.3, -0.25) is 0 Å². The van der Waals surface area contributed by atoms with Gasteiger partial charge in [0.1, 0.15) is 12.6 Å². The minimum atomic E-state index is -4.33. The molecule has 0 saturated heterocycles. The van der Waals surface area contributed by atoms with Gasteiger partial charge in [-0.1, -0.05) is 0 Å². The van der Waals surface area contributed by atoms with Gasteiger partial charge in [0.05, 0.1) is 0 Å². The Morgan fingerprint density at radius 2 is 2.00 bits per heavy atom. The van der Waals surface area contributed by atoms with Gasteiger partial charge in [0.25, 0.3) is 0 Å². The molecule has 4 nitrogen and oxygen atoms in total. The van der Waals surface area contributed by atoms with E-state index in [1.165, 1.54) is 12.4 Å². The molecule has 0 aliphatic rings. The van der Waals surface area contributed by atoms with Crippen LogP contribution < -0.4 is 4.90 Å². The molecule has 1 aromatic rings. The summed E-state index contributed by atoms with van der Waals surface area (Å²) in [5, 5.41) is 8.70. The fourth-order valence-electron chi connectivity index (χ4n) is 1.19. The van der Waals surface area contributed by atoms with Gasteiger partial charge >= 0.3 is 6.18 Å². The summed E-state index contributed by atoms with van der Waals surface area (Å²) in [6.07, 6.45) is -1.81. The summed E-state index contributed by atoms with van der Waals surface area (Å²) in [6, 6.07) is 1.71. The molecule has 0 aliphatic carbocycles. The number of anilines is 1. The van der Waals surface area contributed by atoms with Gasteiger partial charge < -0.3 is 4.90 Å². The van der Waals surface area contributed by atoms with Crippen molar-refractivity contribution < 1.29 is 13.2 Å². The number of rotatable bonds is 3. The van der Waals surface area contributed by atoms with Crippen LogP contribution >= 0.6 is 0 Å². The summed E-state index contributed by atoms with van der Waals surface area (Å²) < 4.78 is 36.7. The molecule has 0 saturated carbocycles. The molecular weight excluding hydrogens is 221 g/mol. The van der Waals surface area contributed by atoms with Crippen LogP contribution in [0.5, 0.6) is 0 Å². The number of alkyl halides is 3. The third-order valence-corrected chi connectivity index (χ3v) is 1.84. The van der Waals surface area contributed by atoms with Crippen molar-refractivity contribution >= 4 is 5.82 Å². The highest BCUT2D eigenvalue weighted by atomic mass is 19.4. The van der Waals surface area contributed by atoms with E-state index in [0.29, 0.717) is 0 Å². The molecule has 0 aliphatic heterocycles. The quantitative estimate of drug-likeness (QED) is 0.793. The summed E-state index contributed by atoms with van der Waals surface area (Å²) in [6.45, 7) is 0.519. The Balaban J connectivity index is 3.00. The number of halogens is 3. The second kappa shape index (κ2) is 4.79. The molecule has 86 valence electrons. The predicted molar refractivity (Wildman–Crippen MR) is 50.7 cm³/mol. The van der Waals surface area contributed by atoms with Crippen LogP contribution in [0, 0.1) is 11.3 Å². The lowest BCUT2D eigenvalue weighted by Gasteiger charge is -2.23. The molecule has 0 fully saturated rings. The van der Waals surface area contributed by atoms with Crippen LogP contribution in [0.2, 0.25) is 0 Å². The SMILES string of the molecule is CCN(CC(F)(F)F)c1nccnc1C#N. The van der Waals surface area contributed by atoms with Gasteiger partial charge in [-0.2, -0.15) is 18.4 Å². The van der Waals surface area contributed by atoms with Crippen molar-refractivity contribution in [3.63, 3.8) is 0 Å². The maximum Gasteiger partial charge on any atom is 0.405 e. The van der Waals surface area contributed by atoms with E-state index in [1.807, 2.05) is 0 Å². The summed E-state index contributed by atoms with van der Waals surface area (Å²) in [5.41, 5.74) is -0.103. The van der Waals surface area contributed by atoms with Crippen LogP contribution in [0.25, 0.3) is 0 Å². The van der Waals surface area contributed by atoms with Crippen molar-refractivity contribution in [2.45, 2.75) is 13.1 Å². The van der Waals surface area contributed by atoms with Crippen molar-refractivity contribution in [1.29, 1.82) is 5.26 Å². The number of nitriles is 1. The first kappa shape index (κ1) is 12.2. The Hall–Kier alpha value is -1.84. The lowest BCUT2D eigenvalue weighted by molar-refractivity contribution is -0.119. The Bertz CT molecular complexity index is 396. The fraction of sp³-hybridized carbons (Fsp3) is 0.444. The Kier molecular flexibility index (Phi) is 3.66. The molecule has 1 aromatic heterocycles. The van der Waals surface area contributed by atoms with Crippen LogP contribution in [0.15, 0.2) is 12.4 Å². The highest BCUT2D eigenvalue weighted by Gasteiger charge is 2.31. The molecule has 0 N–H and O–H groups in total. The minimum Gasteiger partial charge on any atom is -0.345 e. The van der Waals surface area contributed by atoms with E-state index < -0.39 is 12.7 Å². The van der Waals surface area contributed by atoms with Crippen molar-refractivity contribution in [3.8, 4) is 6.07 Å². The first-order valence-electron chi connectivity index (χ1n) is 4.50. The number of aromatic nitrogens is 2. The van der Waals surface area contributed by atoms with Crippen LogP contribution in [-0.2, 0) is 0 Å². The van der Waals surface area contributed by atoms with Crippen molar-refractivity contribution in [1.82, 2.24) is 9.97 Å². The summed E-state index contributed by atoms with van der Waals surface area (Å²) in [7, 11) is 0. The van der Waals surface area contributed by atoms with E-state index in [1.54, 1.807) is 13.0 Å².